The molecule has 1 aromatic rings. The monoisotopic (exact) mass is 243 g/mol. The Hall–Kier alpha value is -0.380. The van der Waals surface area contributed by atoms with Crippen molar-refractivity contribution in [1.29, 1.82) is 0 Å². The van der Waals surface area contributed by atoms with Gasteiger partial charge in [0.25, 0.3) is 0 Å². The minimum atomic E-state index is -0.435. The second-order valence-electron chi connectivity index (χ2n) is 3.40. The molecule has 0 fully saturated rings. The van der Waals surface area contributed by atoms with E-state index < -0.39 is 5.54 Å². The van der Waals surface area contributed by atoms with E-state index in [1.807, 2.05) is 31.2 Å². The smallest absolute Gasteiger partial charge is 0.0451 e. The fourth-order valence-corrected chi connectivity index (χ4v) is 1.47. The third kappa shape index (κ3) is 2.79. The van der Waals surface area contributed by atoms with Crippen LogP contribution in [-0.2, 0) is 5.54 Å². The molecule has 0 spiro atoms. The Bertz CT molecular complexity index is 269. The van der Waals surface area contributed by atoms with E-state index in [1.54, 1.807) is 0 Å². The number of aliphatic hydroxyl groups is 1. The van der Waals surface area contributed by atoms with Crippen molar-refractivity contribution >= 4 is 15.9 Å². The van der Waals surface area contributed by atoms with E-state index in [2.05, 4.69) is 15.9 Å². The van der Waals surface area contributed by atoms with Crippen molar-refractivity contribution in [2.45, 2.75) is 18.9 Å². The van der Waals surface area contributed by atoms with E-state index in [0.717, 1.165) is 10.0 Å². The van der Waals surface area contributed by atoms with Crippen molar-refractivity contribution in [3.8, 4) is 0 Å². The van der Waals surface area contributed by atoms with Crippen LogP contribution < -0.4 is 5.73 Å². The number of hydrogen-bond acceptors (Lipinski definition) is 2. The lowest BCUT2D eigenvalue weighted by Gasteiger charge is -2.24. The molecule has 0 unspecified atom stereocenters. The van der Waals surface area contributed by atoms with Crippen molar-refractivity contribution in [3.05, 3.63) is 34.3 Å². The number of halogens is 1. The first kappa shape index (κ1) is 10.7. The van der Waals surface area contributed by atoms with Gasteiger partial charge in [-0.3, -0.25) is 0 Å². The van der Waals surface area contributed by atoms with Crippen LogP contribution in [0.5, 0.6) is 0 Å². The first-order valence-electron chi connectivity index (χ1n) is 4.22. The van der Waals surface area contributed by atoms with E-state index in [-0.39, 0.29) is 6.61 Å². The fraction of sp³-hybridized carbons (Fsp3) is 0.400. The Morgan fingerprint density at radius 2 is 1.92 bits per heavy atom. The van der Waals surface area contributed by atoms with Crippen LogP contribution in [0.2, 0.25) is 0 Å². The summed E-state index contributed by atoms with van der Waals surface area (Å²) in [6, 6.07) is 7.86. The van der Waals surface area contributed by atoms with Crippen molar-refractivity contribution in [2.75, 3.05) is 6.61 Å². The molecule has 0 radical (unpaired) electrons. The van der Waals surface area contributed by atoms with Gasteiger partial charge < -0.3 is 10.8 Å². The number of rotatable bonds is 3. The largest absolute Gasteiger partial charge is 0.396 e. The minimum Gasteiger partial charge on any atom is -0.396 e. The van der Waals surface area contributed by atoms with Crippen LogP contribution in [-0.4, -0.2) is 11.7 Å². The van der Waals surface area contributed by atoms with Gasteiger partial charge in [-0.05, 0) is 31.0 Å². The SMILES string of the molecule is C[C@@](N)(CCO)c1ccc(Br)cc1. The number of aliphatic hydroxyl groups excluding tert-OH is 1. The first-order chi connectivity index (χ1) is 6.06. The van der Waals surface area contributed by atoms with Crippen molar-refractivity contribution < 1.29 is 5.11 Å². The first-order valence-corrected chi connectivity index (χ1v) is 5.01. The molecule has 2 nitrogen and oxygen atoms in total. The summed E-state index contributed by atoms with van der Waals surface area (Å²) in [5.74, 6) is 0. The molecular weight excluding hydrogens is 230 g/mol. The van der Waals surface area contributed by atoms with E-state index in [0.29, 0.717) is 6.42 Å². The van der Waals surface area contributed by atoms with Crippen LogP contribution in [0.25, 0.3) is 0 Å². The molecule has 0 amide bonds. The van der Waals surface area contributed by atoms with Gasteiger partial charge in [0, 0.05) is 16.6 Å². The predicted octanol–water partition coefficient (Wildman–Crippen LogP) is 2.01. The molecule has 0 heterocycles. The Kier molecular flexibility index (Phi) is 3.47. The molecule has 1 atom stereocenters. The van der Waals surface area contributed by atoms with Gasteiger partial charge in [-0.25, -0.2) is 0 Å². The summed E-state index contributed by atoms with van der Waals surface area (Å²) in [5, 5.41) is 8.83. The van der Waals surface area contributed by atoms with Crippen molar-refractivity contribution in [3.63, 3.8) is 0 Å². The third-order valence-corrected chi connectivity index (χ3v) is 2.66. The number of hydrogen-bond donors (Lipinski definition) is 2. The molecule has 3 N–H and O–H groups in total. The highest BCUT2D eigenvalue weighted by atomic mass is 79.9. The lowest BCUT2D eigenvalue weighted by molar-refractivity contribution is 0.247. The van der Waals surface area contributed by atoms with E-state index in [4.69, 9.17) is 10.8 Å². The summed E-state index contributed by atoms with van der Waals surface area (Å²) in [6.07, 6.45) is 0.578. The predicted molar refractivity (Wildman–Crippen MR) is 57.4 cm³/mol. The molecule has 3 heteroatoms. The standard InChI is InChI=1S/C10H14BrNO/c1-10(12,6-7-13)8-2-4-9(11)5-3-8/h2-5,13H,6-7,12H2,1H3/t10-/m1/s1. The van der Waals surface area contributed by atoms with Gasteiger partial charge in [0.1, 0.15) is 0 Å². The summed E-state index contributed by atoms with van der Waals surface area (Å²) in [4.78, 5) is 0. The second-order valence-corrected chi connectivity index (χ2v) is 4.31. The number of nitrogens with two attached hydrogens (primary N) is 1. The summed E-state index contributed by atoms with van der Waals surface area (Å²) in [6.45, 7) is 2.04. The van der Waals surface area contributed by atoms with Crippen LogP contribution in [0.1, 0.15) is 18.9 Å². The molecule has 0 aliphatic rings. The summed E-state index contributed by atoms with van der Waals surface area (Å²) in [7, 11) is 0. The Balaban J connectivity index is 2.87. The highest BCUT2D eigenvalue weighted by Crippen LogP contribution is 2.22. The molecule has 72 valence electrons. The van der Waals surface area contributed by atoms with Gasteiger partial charge in [-0.1, -0.05) is 28.1 Å². The normalized spacial score (nSPS) is 15.4. The molecule has 13 heavy (non-hydrogen) atoms. The Labute approximate surface area is 86.9 Å². The molecule has 1 rings (SSSR count). The quantitative estimate of drug-likeness (QED) is 0.854. The lowest BCUT2D eigenvalue weighted by Crippen LogP contribution is -2.33. The van der Waals surface area contributed by atoms with Crippen molar-refractivity contribution in [1.82, 2.24) is 0 Å². The lowest BCUT2D eigenvalue weighted by atomic mass is 9.90. The van der Waals surface area contributed by atoms with Crippen LogP contribution in [0, 0.1) is 0 Å². The molecule has 0 aromatic heterocycles. The zero-order valence-corrected chi connectivity index (χ0v) is 9.21. The molecule has 1 aromatic carbocycles. The highest BCUT2D eigenvalue weighted by molar-refractivity contribution is 9.10. The molecule has 0 aliphatic carbocycles. The molecule has 0 saturated carbocycles. The van der Waals surface area contributed by atoms with Gasteiger partial charge in [0.05, 0.1) is 0 Å². The Morgan fingerprint density at radius 1 is 1.38 bits per heavy atom. The van der Waals surface area contributed by atoms with Crippen molar-refractivity contribution in [2.24, 2.45) is 5.73 Å². The summed E-state index contributed by atoms with van der Waals surface area (Å²) < 4.78 is 1.04. The topological polar surface area (TPSA) is 46.2 Å². The van der Waals surface area contributed by atoms with E-state index in [9.17, 15) is 0 Å². The zero-order valence-electron chi connectivity index (χ0n) is 7.63. The number of benzene rings is 1. The van der Waals surface area contributed by atoms with Gasteiger partial charge in [0.2, 0.25) is 0 Å². The third-order valence-electron chi connectivity index (χ3n) is 2.13. The maximum absolute atomic E-state index is 8.83. The van der Waals surface area contributed by atoms with Gasteiger partial charge in [-0.15, -0.1) is 0 Å². The van der Waals surface area contributed by atoms with Gasteiger partial charge >= 0.3 is 0 Å². The zero-order chi connectivity index (χ0) is 9.90. The molecule has 0 bridgehead atoms. The maximum atomic E-state index is 8.83. The van der Waals surface area contributed by atoms with E-state index in [1.165, 1.54) is 0 Å². The summed E-state index contributed by atoms with van der Waals surface area (Å²) >= 11 is 3.36. The molecular formula is C10H14BrNO. The van der Waals surface area contributed by atoms with Gasteiger partial charge in [0.15, 0.2) is 0 Å². The molecule has 0 saturated heterocycles. The van der Waals surface area contributed by atoms with Crippen LogP contribution in [0.15, 0.2) is 28.7 Å². The van der Waals surface area contributed by atoms with Crippen LogP contribution >= 0.6 is 15.9 Å². The fourth-order valence-electron chi connectivity index (χ4n) is 1.21. The van der Waals surface area contributed by atoms with Crippen LogP contribution in [0.3, 0.4) is 0 Å². The minimum absolute atomic E-state index is 0.114. The van der Waals surface area contributed by atoms with Gasteiger partial charge in [-0.2, -0.15) is 0 Å². The summed E-state index contributed by atoms with van der Waals surface area (Å²) in [5.41, 5.74) is 6.63. The van der Waals surface area contributed by atoms with E-state index >= 15 is 0 Å². The Morgan fingerprint density at radius 3 is 2.38 bits per heavy atom. The molecule has 0 aliphatic heterocycles. The average Bonchev–Trinajstić information content (AvgIpc) is 2.05. The van der Waals surface area contributed by atoms with Crippen LogP contribution in [0.4, 0.5) is 0 Å². The second kappa shape index (κ2) is 4.22. The maximum Gasteiger partial charge on any atom is 0.0451 e. The average molecular weight is 244 g/mol. The highest BCUT2D eigenvalue weighted by Gasteiger charge is 2.19.